The number of ether oxygens (including phenoxy) is 1. The molecule has 1 saturated heterocycles. The van der Waals surface area contributed by atoms with E-state index in [0.29, 0.717) is 11.6 Å². The lowest BCUT2D eigenvalue weighted by Gasteiger charge is -2.29. The summed E-state index contributed by atoms with van der Waals surface area (Å²) >= 11 is 1.61. The normalized spacial score (nSPS) is 13.7. The molecule has 0 spiro atoms. The van der Waals surface area contributed by atoms with Crippen LogP contribution in [0.25, 0.3) is 21.6 Å². The Morgan fingerprint density at radius 2 is 1.92 bits per heavy atom. The summed E-state index contributed by atoms with van der Waals surface area (Å²) in [7, 11) is 0. The third-order valence-electron chi connectivity index (χ3n) is 5.83. The van der Waals surface area contributed by atoms with Crippen molar-refractivity contribution in [3.8, 4) is 17.1 Å². The van der Waals surface area contributed by atoms with Crippen LogP contribution in [0.5, 0.6) is 5.75 Å². The Morgan fingerprint density at radius 1 is 1.11 bits per heavy atom. The average Bonchev–Trinajstić information content (AvgIpc) is 3.38. The van der Waals surface area contributed by atoms with Gasteiger partial charge in [-0.25, -0.2) is 9.97 Å². The van der Waals surface area contributed by atoms with E-state index >= 15 is 0 Å². The zero-order chi connectivity index (χ0) is 24.9. The van der Waals surface area contributed by atoms with Crippen molar-refractivity contribution in [2.24, 2.45) is 0 Å². The van der Waals surface area contributed by atoms with E-state index in [2.05, 4.69) is 45.1 Å². The number of hydrogen-bond donors (Lipinski definition) is 3. The van der Waals surface area contributed by atoms with Crippen molar-refractivity contribution in [1.82, 2.24) is 20.6 Å². The first-order valence-corrected chi connectivity index (χ1v) is 13.0. The summed E-state index contributed by atoms with van der Waals surface area (Å²) in [5, 5.41) is 11.7. The molecule has 0 saturated carbocycles. The van der Waals surface area contributed by atoms with Crippen molar-refractivity contribution >= 4 is 44.7 Å². The Balaban J connectivity index is 1.36. The highest BCUT2D eigenvalue weighted by molar-refractivity contribution is 7.17. The SMILES string of the molecule is CC(C)NC(=O)COc1cccc(-c2nc(Nc3ccc(N4CCNCC4)cc3)c3sccc3n2)c1. The van der Waals surface area contributed by atoms with E-state index in [4.69, 9.17) is 14.7 Å². The number of benzene rings is 2. The molecule has 3 heterocycles. The number of carbonyl (C=O) groups is 1. The van der Waals surface area contributed by atoms with Crippen molar-refractivity contribution in [2.75, 3.05) is 43.0 Å². The summed E-state index contributed by atoms with van der Waals surface area (Å²) in [5.41, 5.74) is 3.90. The zero-order valence-corrected chi connectivity index (χ0v) is 21.3. The molecule has 0 bridgehead atoms. The number of hydrogen-bond acceptors (Lipinski definition) is 8. The Morgan fingerprint density at radius 3 is 2.69 bits per heavy atom. The number of nitrogens with zero attached hydrogens (tertiary/aromatic N) is 3. The number of carbonyl (C=O) groups excluding carboxylic acids is 1. The molecule has 2 aromatic carbocycles. The van der Waals surface area contributed by atoms with Gasteiger partial charge in [0.25, 0.3) is 5.91 Å². The van der Waals surface area contributed by atoms with Crippen molar-refractivity contribution in [1.29, 1.82) is 0 Å². The molecule has 1 fully saturated rings. The average molecular weight is 503 g/mol. The van der Waals surface area contributed by atoms with Crippen LogP contribution in [-0.4, -0.2) is 54.7 Å². The highest BCUT2D eigenvalue weighted by atomic mass is 32.1. The van der Waals surface area contributed by atoms with Gasteiger partial charge in [0.1, 0.15) is 5.75 Å². The second-order valence-corrected chi connectivity index (χ2v) is 9.89. The lowest BCUT2D eigenvalue weighted by Crippen LogP contribution is -2.43. The van der Waals surface area contributed by atoms with Crippen LogP contribution in [0.4, 0.5) is 17.2 Å². The Labute approximate surface area is 214 Å². The number of anilines is 3. The van der Waals surface area contributed by atoms with Crippen molar-refractivity contribution in [2.45, 2.75) is 19.9 Å². The zero-order valence-electron chi connectivity index (χ0n) is 20.5. The van der Waals surface area contributed by atoms with Gasteiger partial charge < -0.3 is 25.6 Å². The first kappa shape index (κ1) is 24.0. The monoisotopic (exact) mass is 502 g/mol. The quantitative estimate of drug-likeness (QED) is 0.329. The molecule has 8 nitrogen and oxygen atoms in total. The first-order chi connectivity index (χ1) is 17.5. The van der Waals surface area contributed by atoms with Gasteiger partial charge in [-0.05, 0) is 61.7 Å². The molecule has 4 aromatic rings. The van der Waals surface area contributed by atoms with Crippen LogP contribution in [0.2, 0.25) is 0 Å². The van der Waals surface area contributed by atoms with Gasteiger partial charge in [0.15, 0.2) is 18.2 Å². The fraction of sp³-hybridized carbons (Fsp3) is 0.296. The lowest BCUT2D eigenvalue weighted by molar-refractivity contribution is -0.123. The van der Waals surface area contributed by atoms with E-state index in [1.807, 2.05) is 49.6 Å². The lowest BCUT2D eigenvalue weighted by atomic mass is 10.2. The minimum Gasteiger partial charge on any atom is -0.484 e. The van der Waals surface area contributed by atoms with Crippen molar-refractivity contribution in [3.63, 3.8) is 0 Å². The van der Waals surface area contributed by atoms with Gasteiger partial charge in [0.2, 0.25) is 0 Å². The molecule has 5 rings (SSSR count). The minimum absolute atomic E-state index is 0.0389. The van der Waals surface area contributed by atoms with Crippen LogP contribution in [0.3, 0.4) is 0 Å². The molecule has 0 unspecified atom stereocenters. The number of amides is 1. The van der Waals surface area contributed by atoms with Crippen LogP contribution in [0.1, 0.15) is 13.8 Å². The van der Waals surface area contributed by atoms with Gasteiger partial charge >= 0.3 is 0 Å². The molecule has 36 heavy (non-hydrogen) atoms. The predicted molar refractivity (Wildman–Crippen MR) is 146 cm³/mol. The molecule has 0 radical (unpaired) electrons. The maximum absolute atomic E-state index is 12.0. The van der Waals surface area contributed by atoms with Gasteiger partial charge in [-0.3, -0.25) is 4.79 Å². The standard InChI is InChI=1S/C27H30N6O2S/c1-18(2)29-24(34)17-35-22-5-3-4-19(16-22)26-31-23-10-15-36-25(23)27(32-26)30-20-6-8-21(9-7-20)33-13-11-28-12-14-33/h3-10,15-16,18,28H,11-14,17H2,1-2H3,(H,29,34)(H,30,31,32). The van der Waals surface area contributed by atoms with E-state index < -0.39 is 0 Å². The molecule has 1 aliphatic rings. The van der Waals surface area contributed by atoms with Gasteiger partial charge in [0, 0.05) is 49.2 Å². The van der Waals surface area contributed by atoms with E-state index in [1.165, 1.54) is 5.69 Å². The molecule has 3 N–H and O–H groups in total. The number of fused-ring (bicyclic) bond motifs is 1. The second kappa shape index (κ2) is 10.9. The van der Waals surface area contributed by atoms with Crippen LogP contribution in [-0.2, 0) is 4.79 Å². The Hall–Kier alpha value is -3.69. The molecular weight excluding hydrogens is 472 g/mol. The van der Waals surface area contributed by atoms with Gasteiger partial charge in [-0.1, -0.05) is 12.1 Å². The molecule has 9 heteroatoms. The fourth-order valence-electron chi connectivity index (χ4n) is 4.13. The summed E-state index contributed by atoms with van der Waals surface area (Å²) in [6, 6.07) is 18.1. The summed E-state index contributed by atoms with van der Waals surface area (Å²) in [4.78, 5) is 24.0. The van der Waals surface area contributed by atoms with E-state index in [9.17, 15) is 4.79 Å². The molecule has 0 aliphatic carbocycles. The first-order valence-electron chi connectivity index (χ1n) is 12.2. The van der Waals surface area contributed by atoms with Crippen molar-refractivity contribution in [3.05, 3.63) is 60.0 Å². The summed E-state index contributed by atoms with van der Waals surface area (Å²) in [5.74, 6) is 1.81. The van der Waals surface area contributed by atoms with Crippen LogP contribution in [0.15, 0.2) is 60.0 Å². The topological polar surface area (TPSA) is 91.4 Å². The highest BCUT2D eigenvalue weighted by Gasteiger charge is 2.14. The number of nitrogens with one attached hydrogen (secondary N) is 3. The maximum Gasteiger partial charge on any atom is 0.258 e. The second-order valence-electron chi connectivity index (χ2n) is 8.98. The summed E-state index contributed by atoms with van der Waals surface area (Å²) in [6.45, 7) is 7.86. The van der Waals surface area contributed by atoms with E-state index in [-0.39, 0.29) is 18.6 Å². The molecule has 0 atom stereocenters. The molecule has 1 aliphatic heterocycles. The fourth-order valence-corrected chi connectivity index (χ4v) is 4.91. The predicted octanol–water partition coefficient (Wildman–Crippen LogP) is 4.41. The maximum atomic E-state index is 12.0. The molecule has 186 valence electrons. The Kier molecular flexibility index (Phi) is 7.29. The minimum atomic E-state index is -0.152. The molecule has 1 amide bonds. The van der Waals surface area contributed by atoms with Crippen LogP contribution >= 0.6 is 11.3 Å². The third kappa shape index (κ3) is 5.75. The largest absolute Gasteiger partial charge is 0.484 e. The summed E-state index contributed by atoms with van der Waals surface area (Å²) in [6.07, 6.45) is 0. The van der Waals surface area contributed by atoms with Gasteiger partial charge in [0.05, 0.1) is 10.2 Å². The van der Waals surface area contributed by atoms with Crippen LogP contribution < -0.4 is 25.6 Å². The molecular formula is C27H30N6O2S. The Bertz CT molecular complexity index is 1330. The van der Waals surface area contributed by atoms with Crippen molar-refractivity contribution < 1.29 is 9.53 Å². The van der Waals surface area contributed by atoms with E-state index in [0.717, 1.165) is 53.5 Å². The smallest absolute Gasteiger partial charge is 0.258 e. The highest BCUT2D eigenvalue weighted by Crippen LogP contribution is 2.32. The summed E-state index contributed by atoms with van der Waals surface area (Å²) < 4.78 is 6.70. The van der Waals surface area contributed by atoms with Crippen LogP contribution in [0, 0.1) is 0 Å². The number of rotatable bonds is 8. The number of thiophene rings is 1. The number of aromatic nitrogens is 2. The van der Waals surface area contributed by atoms with Gasteiger partial charge in [-0.2, -0.15) is 0 Å². The third-order valence-corrected chi connectivity index (χ3v) is 6.74. The number of piperazine rings is 1. The van der Waals surface area contributed by atoms with Gasteiger partial charge in [-0.15, -0.1) is 11.3 Å². The van der Waals surface area contributed by atoms with E-state index in [1.54, 1.807) is 11.3 Å². The molecule has 2 aromatic heterocycles.